The molecule has 0 bridgehead atoms. The van der Waals surface area contributed by atoms with E-state index in [0.717, 1.165) is 6.54 Å². The van der Waals surface area contributed by atoms with Crippen molar-refractivity contribution in [2.45, 2.75) is 19.5 Å². The first kappa shape index (κ1) is 14.7. The third-order valence-electron chi connectivity index (χ3n) is 3.11. The Kier molecular flexibility index (Phi) is 5.10. The van der Waals surface area contributed by atoms with Crippen LogP contribution in [0.5, 0.6) is 0 Å². The molecule has 0 amide bonds. The van der Waals surface area contributed by atoms with Gasteiger partial charge in [-0.15, -0.1) is 11.3 Å². The number of thiophene rings is 1. The molecule has 3 nitrogen and oxygen atoms in total. The van der Waals surface area contributed by atoms with Crippen LogP contribution in [0.1, 0.15) is 21.4 Å². The van der Waals surface area contributed by atoms with Gasteiger partial charge in [0.25, 0.3) is 0 Å². The molecule has 1 atom stereocenters. The first-order valence-corrected chi connectivity index (χ1v) is 7.77. The van der Waals surface area contributed by atoms with Gasteiger partial charge in [0, 0.05) is 39.7 Å². The van der Waals surface area contributed by atoms with Crippen molar-refractivity contribution in [2.75, 3.05) is 13.6 Å². The molecule has 0 saturated heterocycles. The van der Waals surface area contributed by atoms with Crippen LogP contribution >= 0.6 is 27.3 Å². The maximum atomic E-state index is 5.95. The normalized spacial score (nSPS) is 12.9. The topological polar surface area (TPSA) is 42.1 Å². The van der Waals surface area contributed by atoms with Crippen molar-refractivity contribution in [3.05, 3.63) is 50.4 Å². The standard InChI is InChI=1S/C14H18BrN3S/c1-10-12(15)6-14(19-10)13(7-16)18(2)9-11-4-3-5-17-8-11/h3-6,8,13H,7,9,16H2,1-2H3. The van der Waals surface area contributed by atoms with Crippen LogP contribution in [0.2, 0.25) is 0 Å². The minimum Gasteiger partial charge on any atom is -0.329 e. The number of aromatic nitrogens is 1. The van der Waals surface area contributed by atoms with E-state index in [0.29, 0.717) is 6.54 Å². The summed E-state index contributed by atoms with van der Waals surface area (Å²) in [5, 5.41) is 0. The summed E-state index contributed by atoms with van der Waals surface area (Å²) >= 11 is 5.37. The van der Waals surface area contributed by atoms with Gasteiger partial charge >= 0.3 is 0 Å². The number of hydrogen-bond donors (Lipinski definition) is 1. The number of aryl methyl sites for hydroxylation is 1. The molecule has 0 saturated carbocycles. The molecule has 2 aromatic heterocycles. The van der Waals surface area contributed by atoms with Gasteiger partial charge in [-0.05, 0) is 47.6 Å². The maximum absolute atomic E-state index is 5.95. The highest BCUT2D eigenvalue weighted by atomic mass is 79.9. The lowest BCUT2D eigenvalue weighted by Gasteiger charge is -2.26. The minimum absolute atomic E-state index is 0.246. The Morgan fingerprint density at radius 2 is 2.32 bits per heavy atom. The van der Waals surface area contributed by atoms with Gasteiger partial charge in [-0.3, -0.25) is 9.88 Å². The highest BCUT2D eigenvalue weighted by Gasteiger charge is 2.18. The lowest BCUT2D eigenvalue weighted by atomic mass is 10.2. The number of nitrogens with zero attached hydrogens (tertiary/aromatic N) is 2. The molecule has 2 heterocycles. The predicted molar refractivity (Wildman–Crippen MR) is 84.3 cm³/mol. The first-order chi connectivity index (χ1) is 9.11. The highest BCUT2D eigenvalue weighted by Crippen LogP contribution is 2.32. The van der Waals surface area contributed by atoms with Gasteiger partial charge in [-0.25, -0.2) is 0 Å². The molecule has 0 aliphatic rings. The average Bonchev–Trinajstić information content (AvgIpc) is 2.71. The van der Waals surface area contributed by atoms with Crippen molar-refractivity contribution in [2.24, 2.45) is 5.73 Å². The van der Waals surface area contributed by atoms with Gasteiger partial charge in [0.2, 0.25) is 0 Å². The minimum atomic E-state index is 0.246. The van der Waals surface area contributed by atoms with Gasteiger partial charge < -0.3 is 5.73 Å². The lowest BCUT2D eigenvalue weighted by molar-refractivity contribution is 0.245. The fourth-order valence-corrected chi connectivity index (χ4v) is 3.79. The molecule has 2 aromatic rings. The Labute approximate surface area is 126 Å². The van der Waals surface area contributed by atoms with Crippen molar-refractivity contribution < 1.29 is 0 Å². The van der Waals surface area contributed by atoms with Crippen molar-refractivity contribution >= 4 is 27.3 Å². The lowest BCUT2D eigenvalue weighted by Crippen LogP contribution is -2.29. The number of rotatable bonds is 5. The number of pyridine rings is 1. The monoisotopic (exact) mass is 339 g/mol. The molecule has 0 radical (unpaired) electrons. The number of halogens is 1. The van der Waals surface area contributed by atoms with Crippen LogP contribution < -0.4 is 5.73 Å². The smallest absolute Gasteiger partial charge is 0.0565 e. The van der Waals surface area contributed by atoms with E-state index < -0.39 is 0 Å². The average molecular weight is 340 g/mol. The molecule has 2 rings (SSSR count). The van der Waals surface area contributed by atoms with Crippen molar-refractivity contribution in [1.29, 1.82) is 0 Å². The van der Waals surface area contributed by atoms with Gasteiger partial charge in [-0.1, -0.05) is 6.07 Å². The second-order valence-electron chi connectivity index (χ2n) is 4.58. The van der Waals surface area contributed by atoms with E-state index in [1.54, 1.807) is 17.5 Å². The molecular weight excluding hydrogens is 322 g/mol. The molecule has 0 fully saturated rings. The van der Waals surface area contributed by atoms with Crippen LogP contribution in [0.3, 0.4) is 0 Å². The number of nitrogens with two attached hydrogens (primary N) is 1. The molecule has 19 heavy (non-hydrogen) atoms. The van der Waals surface area contributed by atoms with Crippen LogP contribution in [0.15, 0.2) is 35.1 Å². The summed E-state index contributed by atoms with van der Waals surface area (Å²) in [5.74, 6) is 0. The van der Waals surface area contributed by atoms with Gasteiger partial charge in [0.05, 0.1) is 6.04 Å². The van der Waals surface area contributed by atoms with Crippen molar-refractivity contribution in [1.82, 2.24) is 9.88 Å². The summed E-state index contributed by atoms with van der Waals surface area (Å²) in [6.45, 7) is 3.58. The first-order valence-electron chi connectivity index (χ1n) is 6.17. The van der Waals surface area contributed by atoms with E-state index in [1.807, 2.05) is 12.3 Å². The SMILES string of the molecule is Cc1sc(C(CN)N(C)Cc2cccnc2)cc1Br. The van der Waals surface area contributed by atoms with Crippen LogP contribution in [0.4, 0.5) is 0 Å². The summed E-state index contributed by atoms with van der Waals surface area (Å²) in [4.78, 5) is 9.02. The third kappa shape index (κ3) is 3.63. The van der Waals surface area contributed by atoms with Gasteiger partial charge in [0.1, 0.15) is 0 Å². The molecule has 0 aromatic carbocycles. The van der Waals surface area contributed by atoms with Crippen molar-refractivity contribution in [3.8, 4) is 0 Å². The maximum Gasteiger partial charge on any atom is 0.0565 e. The Hall–Kier alpha value is -0.750. The van der Waals surface area contributed by atoms with Crippen molar-refractivity contribution in [3.63, 3.8) is 0 Å². The second kappa shape index (κ2) is 6.61. The van der Waals surface area contributed by atoms with Crippen LogP contribution in [-0.4, -0.2) is 23.5 Å². The molecule has 0 spiro atoms. The molecule has 5 heteroatoms. The molecule has 0 aliphatic carbocycles. The zero-order valence-corrected chi connectivity index (χ0v) is 13.5. The Morgan fingerprint density at radius 1 is 1.53 bits per heavy atom. The van der Waals surface area contributed by atoms with Crippen LogP contribution in [-0.2, 0) is 6.54 Å². The van der Waals surface area contributed by atoms with E-state index in [2.05, 4.69) is 51.9 Å². The summed E-state index contributed by atoms with van der Waals surface area (Å²) in [7, 11) is 2.10. The Balaban J connectivity index is 2.13. The largest absolute Gasteiger partial charge is 0.329 e. The summed E-state index contributed by atoms with van der Waals surface area (Å²) in [6.07, 6.45) is 3.70. The molecule has 0 aliphatic heterocycles. The quantitative estimate of drug-likeness (QED) is 0.908. The zero-order chi connectivity index (χ0) is 13.8. The van der Waals surface area contributed by atoms with Crippen LogP contribution in [0.25, 0.3) is 0 Å². The Morgan fingerprint density at radius 3 is 2.84 bits per heavy atom. The Bertz CT molecular complexity index is 507. The van der Waals surface area contributed by atoms with E-state index in [9.17, 15) is 0 Å². The van der Waals surface area contributed by atoms with E-state index in [1.165, 1.54) is 19.8 Å². The van der Waals surface area contributed by atoms with E-state index in [4.69, 9.17) is 5.73 Å². The summed E-state index contributed by atoms with van der Waals surface area (Å²) < 4.78 is 1.17. The van der Waals surface area contributed by atoms with E-state index >= 15 is 0 Å². The number of likely N-dealkylation sites (N-methyl/N-ethyl adjacent to an activating group) is 1. The molecule has 2 N–H and O–H groups in total. The molecular formula is C14H18BrN3S. The van der Waals surface area contributed by atoms with Gasteiger partial charge in [0.15, 0.2) is 0 Å². The van der Waals surface area contributed by atoms with E-state index in [-0.39, 0.29) is 6.04 Å². The predicted octanol–water partition coefficient (Wildman–Crippen LogP) is 3.35. The number of hydrogen-bond acceptors (Lipinski definition) is 4. The molecule has 1 unspecified atom stereocenters. The fraction of sp³-hybridized carbons (Fsp3) is 0.357. The summed E-state index contributed by atoms with van der Waals surface area (Å²) in [6, 6.07) is 6.48. The second-order valence-corrected chi connectivity index (χ2v) is 6.72. The van der Waals surface area contributed by atoms with Gasteiger partial charge in [-0.2, -0.15) is 0 Å². The zero-order valence-electron chi connectivity index (χ0n) is 11.1. The summed E-state index contributed by atoms with van der Waals surface area (Å²) in [5.41, 5.74) is 7.16. The highest BCUT2D eigenvalue weighted by molar-refractivity contribution is 9.10. The molecule has 102 valence electrons. The third-order valence-corrected chi connectivity index (χ3v) is 5.35. The van der Waals surface area contributed by atoms with Crippen LogP contribution in [0, 0.1) is 6.92 Å². The fourth-order valence-electron chi connectivity index (χ4n) is 2.05.